The van der Waals surface area contributed by atoms with Crippen LogP contribution in [0.3, 0.4) is 0 Å². The molecule has 1 aromatic rings. The van der Waals surface area contributed by atoms with Gasteiger partial charge in [-0.1, -0.05) is 30.3 Å². The molecule has 3 heteroatoms. The molecule has 0 saturated heterocycles. The summed E-state index contributed by atoms with van der Waals surface area (Å²) in [5.74, 6) is 5.46. The Hall–Kier alpha value is -0.130. The minimum Gasteiger partial charge on any atom is -0.260 e. The Labute approximate surface area is 80.8 Å². The number of hydrogen-bond acceptors (Lipinski definition) is 2. The normalized spacial score (nSPS) is 10.5. The fourth-order valence-corrected chi connectivity index (χ4v) is 1.12. The zero-order valence-electron chi connectivity index (χ0n) is 6.20. The van der Waals surface area contributed by atoms with Crippen LogP contribution in [-0.4, -0.2) is 9.77 Å². The van der Waals surface area contributed by atoms with Crippen molar-refractivity contribution in [1.82, 2.24) is 3.22 Å². The Morgan fingerprint density at radius 3 is 2.45 bits per heavy atom. The van der Waals surface area contributed by atoms with Crippen molar-refractivity contribution in [2.75, 3.05) is 6.54 Å². The fourth-order valence-electron chi connectivity index (χ4n) is 0.881. The summed E-state index contributed by atoms with van der Waals surface area (Å²) < 4.78 is 1.67. The Balaban J connectivity index is 2.39. The second-order valence-corrected chi connectivity index (χ2v) is 3.60. The Morgan fingerprint density at radius 1 is 1.27 bits per heavy atom. The summed E-state index contributed by atoms with van der Waals surface area (Å²) in [4.78, 5) is 0. The minimum atomic E-state index is 0.893. The fraction of sp³-hybridized carbons (Fsp3) is 0.250. The van der Waals surface area contributed by atoms with Gasteiger partial charge in [0.05, 0.1) is 0 Å². The summed E-state index contributed by atoms with van der Waals surface area (Å²) in [6, 6.07) is 10.3. The highest BCUT2D eigenvalue weighted by Gasteiger charge is 1.93. The van der Waals surface area contributed by atoms with Gasteiger partial charge in [-0.3, -0.25) is 5.84 Å². The molecular weight excluding hydrogens is 251 g/mol. The van der Waals surface area contributed by atoms with Crippen molar-refractivity contribution in [2.24, 2.45) is 5.84 Å². The van der Waals surface area contributed by atoms with E-state index < -0.39 is 0 Å². The first-order valence-electron chi connectivity index (χ1n) is 3.51. The molecule has 60 valence electrons. The smallest absolute Gasteiger partial charge is 0.0364 e. The third-order valence-corrected chi connectivity index (χ3v) is 1.94. The van der Waals surface area contributed by atoms with Gasteiger partial charge in [-0.2, -0.15) is 3.22 Å². The molecule has 2 N–H and O–H groups in total. The first kappa shape index (κ1) is 8.96. The van der Waals surface area contributed by atoms with E-state index in [0.29, 0.717) is 0 Å². The second-order valence-electron chi connectivity index (χ2n) is 2.36. The highest BCUT2D eigenvalue weighted by atomic mass is 127. The average molecular weight is 262 g/mol. The number of hydrogen-bond donors (Lipinski definition) is 1. The van der Waals surface area contributed by atoms with Crippen LogP contribution >= 0.6 is 22.9 Å². The van der Waals surface area contributed by atoms with Crippen molar-refractivity contribution in [1.29, 1.82) is 0 Å². The van der Waals surface area contributed by atoms with Crippen molar-refractivity contribution >= 4 is 22.9 Å². The van der Waals surface area contributed by atoms with E-state index >= 15 is 0 Å². The quantitative estimate of drug-likeness (QED) is 0.389. The van der Waals surface area contributed by atoms with E-state index in [2.05, 4.69) is 35.0 Å². The molecule has 2 nitrogen and oxygen atoms in total. The van der Waals surface area contributed by atoms with Gasteiger partial charge in [0.2, 0.25) is 0 Å². The molecule has 0 unspecified atom stereocenters. The molecule has 0 amide bonds. The Morgan fingerprint density at radius 2 is 1.91 bits per heavy atom. The Kier molecular flexibility index (Phi) is 3.82. The number of rotatable bonds is 3. The molecule has 1 aromatic carbocycles. The van der Waals surface area contributed by atoms with E-state index in [0.717, 1.165) is 13.0 Å². The van der Waals surface area contributed by atoms with Gasteiger partial charge in [-0.25, -0.2) is 0 Å². The molecule has 0 atom stereocenters. The number of hydrazine groups is 1. The van der Waals surface area contributed by atoms with Gasteiger partial charge >= 0.3 is 0 Å². The molecular formula is C8H11IN2. The van der Waals surface area contributed by atoms with E-state index in [4.69, 9.17) is 5.84 Å². The van der Waals surface area contributed by atoms with Crippen molar-refractivity contribution in [3.63, 3.8) is 0 Å². The lowest BCUT2D eigenvalue weighted by Gasteiger charge is -2.05. The number of halogens is 1. The topological polar surface area (TPSA) is 29.3 Å². The summed E-state index contributed by atoms with van der Waals surface area (Å²) in [7, 11) is 0. The molecule has 0 aliphatic carbocycles. The standard InChI is InChI=1S/C8H11IN2/c9-11(10)7-6-8-4-2-1-3-5-8/h1-5H,6-7,10H2. The predicted molar refractivity (Wildman–Crippen MR) is 55.1 cm³/mol. The summed E-state index contributed by atoms with van der Waals surface area (Å²) >= 11 is 2.08. The zero-order chi connectivity index (χ0) is 8.10. The van der Waals surface area contributed by atoms with Crippen LogP contribution in [0.25, 0.3) is 0 Å². The number of benzene rings is 1. The molecule has 0 aromatic heterocycles. The van der Waals surface area contributed by atoms with Crippen molar-refractivity contribution in [2.45, 2.75) is 6.42 Å². The molecule has 0 fully saturated rings. The molecule has 11 heavy (non-hydrogen) atoms. The maximum absolute atomic E-state index is 5.46. The van der Waals surface area contributed by atoms with Gasteiger partial charge in [0.25, 0.3) is 0 Å². The largest absolute Gasteiger partial charge is 0.260 e. The third kappa shape index (κ3) is 3.69. The van der Waals surface area contributed by atoms with Gasteiger partial charge in [0.15, 0.2) is 0 Å². The highest BCUT2D eigenvalue weighted by Crippen LogP contribution is 2.00. The highest BCUT2D eigenvalue weighted by molar-refractivity contribution is 14.1. The van der Waals surface area contributed by atoms with Crippen LogP contribution in [-0.2, 0) is 6.42 Å². The maximum atomic E-state index is 5.46. The van der Waals surface area contributed by atoms with E-state index in [1.807, 2.05) is 18.2 Å². The molecule has 0 bridgehead atoms. The monoisotopic (exact) mass is 262 g/mol. The van der Waals surface area contributed by atoms with Gasteiger partial charge in [-0.15, -0.1) is 0 Å². The van der Waals surface area contributed by atoms with E-state index in [1.54, 1.807) is 3.22 Å². The second kappa shape index (κ2) is 4.69. The molecule has 0 spiro atoms. The summed E-state index contributed by atoms with van der Waals surface area (Å²) in [5, 5.41) is 0. The van der Waals surface area contributed by atoms with Crippen LogP contribution in [0.2, 0.25) is 0 Å². The van der Waals surface area contributed by atoms with Crippen LogP contribution in [0.1, 0.15) is 5.56 Å². The first-order chi connectivity index (χ1) is 5.29. The van der Waals surface area contributed by atoms with Gasteiger partial charge in [-0.05, 0) is 12.0 Å². The molecule has 0 aliphatic rings. The van der Waals surface area contributed by atoms with Crippen LogP contribution in [0.5, 0.6) is 0 Å². The lowest BCUT2D eigenvalue weighted by molar-refractivity contribution is 0.543. The molecule has 0 heterocycles. The summed E-state index contributed by atoms with van der Waals surface area (Å²) in [6.45, 7) is 0.893. The summed E-state index contributed by atoms with van der Waals surface area (Å²) in [5.41, 5.74) is 1.33. The Bertz CT molecular complexity index is 199. The van der Waals surface area contributed by atoms with Crippen molar-refractivity contribution in [3.8, 4) is 0 Å². The lowest BCUT2D eigenvalue weighted by Crippen LogP contribution is -2.21. The van der Waals surface area contributed by atoms with Gasteiger partial charge in [0.1, 0.15) is 0 Å². The molecule has 1 rings (SSSR count). The summed E-state index contributed by atoms with van der Waals surface area (Å²) in [6.07, 6.45) is 1.01. The predicted octanol–water partition coefficient (Wildman–Crippen LogP) is 1.75. The average Bonchev–Trinajstić information content (AvgIpc) is 2.03. The first-order valence-corrected chi connectivity index (χ1v) is 4.47. The maximum Gasteiger partial charge on any atom is 0.0364 e. The van der Waals surface area contributed by atoms with Gasteiger partial charge in [0, 0.05) is 29.4 Å². The van der Waals surface area contributed by atoms with Crippen LogP contribution < -0.4 is 5.84 Å². The van der Waals surface area contributed by atoms with Gasteiger partial charge < -0.3 is 0 Å². The number of nitrogens with zero attached hydrogens (tertiary/aromatic N) is 1. The van der Waals surface area contributed by atoms with E-state index in [-0.39, 0.29) is 0 Å². The van der Waals surface area contributed by atoms with Crippen molar-refractivity contribution < 1.29 is 0 Å². The van der Waals surface area contributed by atoms with Crippen LogP contribution in [0, 0.1) is 0 Å². The van der Waals surface area contributed by atoms with Crippen molar-refractivity contribution in [3.05, 3.63) is 35.9 Å². The lowest BCUT2D eigenvalue weighted by atomic mass is 10.2. The minimum absolute atomic E-state index is 0.893. The number of nitrogens with two attached hydrogens (primary N) is 1. The molecule has 0 saturated carbocycles. The van der Waals surface area contributed by atoms with Crippen LogP contribution in [0.4, 0.5) is 0 Å². The molecule has 0 aliphatic heterocycles. The SMILES string of the molecule is NN(I)CCc1ccccc1. The van der Waals surface area contributed by atoms with E-state index in [9.17, 15) is 0 Å². The van der Waals surface area contributed by atoms with Crippen LogP contribution in [0.15, 0.2) is 30.3 Å². The third-order valence-electron chi connectivity index (χ3n) is 1.46. The zero-order valence-corrected chi connectivity index (χ0v) is 8.36. The molecule has 0 radical (unpaired) electrons. The van der Waals surface area contributed by atoms with E-state index in [1.165, 1.54) is 5.56 Å².